The number of nitrogens with zero attached hydrogens (tertiary/aromatic N) is 1. The minimum atomic E-state index is 0.0243. The Morgan fingerprint density at radius 3 is 3.07 bits per heavy atom. The standard InChI is InChI=1S/C11H19N3O/c1-9-7-13-11(15)14(9)6-4-10-3-2-5-12-8-10/h7,10,12H,2-6,8H2,1H3,(H,13,15). The maximum Gasteiger partial charge on any atom is 0.325 e. The number of hydrogen-bond donors (Lipinski definition) is 2. The fourth-order valence-corrected chi connectivity index (χ4v) is 2.24. The van der Waals surface area contributed by atoms with Crippen LogP contribution >= 0.6 is 0 Å². The van der Waals surface area contributed by atoms with Gasteiger partial charge in [0, 0.05) is 18.4 Å². The van der Waals surface area contributed by atoms with Crippen LogP contribution in [0.5, 0.6) is 0 Å². The number of aromatic nitrogens is 2. The lowest BCUT2D eigenvalue weighted by Crippen LogP contribution is -2.31. The van der Waals surface area contributed by atoms with Gasteiger partial charge in [-0.2, -0.15) is 0 Å². The molecule has 1 fully saturated rings. The van der Waals surface area contributed by atoms with Gasteiger partial charge in [0.1, 0.15) is 0 Å². The SMILES string of the molecule is Cc1c[nH]c(=O)n1CCC1CCCNC1. The number of nitrogens with one attached hydrogen (secondary N) is 2. The lowest BCUT2D eigenvalue weighted by Gasteiger charge is -2.22. The highest BCUT2D eigenvalue weighted by Gasteiger charge is 2.13. The summed E-state index contributed by atoms with van der Waals surface area (Å²) in [5.74, 6) is 0.736. The van der Waals surface area contributed by atoms with Crippen LogP contribution in [0, 0.1) is 12.8 Å². The molecule has 2 rings (SSSR count). The summed E-state index contributed by atoms with van der Waals surface area (Å²) in [5.41, 5.74) is 1.06. The van der Waals surface area contributed by atoms with Crippen molar-refractivity contribution >= 4 is 0 Å². The highest BCUT2D eigenvalue weighted by Crippen LogP contribution is 2.14. The van der Waals surface area contributed by atoms with E-state index in [2.05, 4.69) is 10.3 Å². The molecule has 1 aliphatic heterocycles. The highest BCUT2D eigenvalue weighted by atomic mass is 16.1. The molecule has 0 amide bonds. The van der Waals surface area contributed by atoms with Gasteiger partial charge in [-0.05, 0) is 45.2 Å². The van der Waals surface area contributed by atoms with E-state index >= 15 is 0 Å². The Balaban J connectivity index is 1.89. The molecule has 1 aromatic heterocycles. The molecule has 4 nitrogen and oxygen atoms in total. The predicted octanol–water partition coefficient (Wildman–Crippen LogP) is 0.875. The number of aromatic amines is 1. The van der Waals surface area contributed by atoms with E-state index in [0.29, 0.717) is 0 Å². The summed E-state index contributed by atoms with van der Waals surface area (Å²) < 4.78 is 1.83. The fourth-order valence-electron chi connectivity index (χ4n) is 2.24. The predicted molar refractivity (Wildman–Crippen MR) is 60.0 cm³/mol. The molecule has 15 heavy (non-hydrogen) atoms. The van der Waals surface area contributed by atoms with Crippen molar-refractivity contribution in [2.24, 2.45) is 5.92 Å². The minimum absolute atomic E-state index is 0.0243. The molecule has 0 spiro atoms. The van der Waals surface area contributed by atoms with Crippen molar-refractivity contribution in [1.29, 1.82) is 0 Å². The summed E-state index contributed by atoms with van der Waals surface area (Å²) in [5, 5.41) is 3.40. The molecule has 0 aliphatic carbocycles. The topological polar surface area (TPSA) is 49.8 Å². The van der Waals surface area contributed by atoms with Crippen molar-refractivity contribution in [1.82, 2.24) is 14.9 Å². The van der Waals surface area contributed by atoms with Crippen molar-refractivity contribution in [2.75, 3.05) is 13.1 Å². The van der Waals surface area contributed by atoms with E-state index in [9.17, 15) is 4.79 Å². The van der Waals surface area contributed by atoms with Crippen LogP contribution in [0.3, 0.4) is 0 Å². The van der Waals surface area contributed by atoms with E-state index in [0.717, 1.165) is 37.7 Å². The molecule has 0 aromatic carbocycles. The second kappa shape index (κ2) is 4.66. The first-order valence-electron chi connectivity index (χ1n) is 5.73. The first-order chi connectivity index (χ1) is 7.27. The zero-order chi connectivity index (χ0) is 10.7. The van der Waals surface area contributed by atoms with E-state index in [-0.39, 0.29) is 5.69 Å². The highest BCUT2D eigenvalue weighted by molar-refractivity contribution is 4.94. The van der Waals surface area contributed by atoms with Gasteiger partial charge in [-0.1, -0.05) is 0 Å². The van der Waals surface area contributed by atoms with Gasteiger partial charge in [0.25, 0.3) is 0 Å². The van der Waals surface area contributed by atoms with Gasteiger partial charge in [-0.25, -0.2) is 4.79 Å². The van der Waals surface area contributed by atoms with Crippen LogP contribution in [0.15, 0.2) is 11.0 Å². The molecule has 4 heteroatoms. The normalized spacial score (nSPS) is 21.8. The number of imidazole rings is 1. The Bertz CT molecular complexity index is 360. The number of rotatable bonds is 3. The van der Waals surface area contributed by atoms with E-state index in [4.69, 9.17) is 0 Å². The first kappa shape index (κ1) is 10.5. The summed E-state index contributed by atoms with van der Waals surface area (Å²) >= 11 is 0. The van der Waals surface area contributed by atoms with Gasteiger partial charge >= 0.3 is 5.69 Å². The van der Waals surface area contributed by atoms with Gasteiger partial charge in [-0.3, -0.25) is 4.57 Å². The Kier molecular flexibility index (Phi) is 3.26. The summed E-state index contributed by atoms with van der Waals surface area (Å²) in [6.45, 7) is 5.08. The quantitative estimate of drug-likeness (QED) is 0.776. The second-order valence-electron chi connectivity index (χ2n) is 4.39. The van der Waals surface area contributed by atoms with Crippen molar-refractivity contribution in [2.45, 2.75) is 32.7 Å². The molecule has 0 bridgehead atoms. The molecule has 0 radical (unpaired) electrons. The van der Waals surface area contributed by atoms with Crippen LogP contribution in [-0.4, -0.2) is 22.6 Å². The van der Waals surface area contributed by atoms with Crippen molar-refractivity contribution < 1.29 is 0 Å². The van der Waals surface area contributed by atoms with Crippen LogP contribution in [0.4, 0.5) is 0 Å². The maximum atomic E-state index is 11.4. The Labute approximate surface area is 89.7 Å². The molecule has 1 aliphatic rings. The van der Waals surface area contributed by atoms with Crippen LogP contribution in [0.2, 0.25) is 0 Å². The van der Waals surface area contributed by atoms with Gasteiger partial charge in [0.05, 0.1) is 0 Å². The zero-order valence-corrected chi connectivity index (χ0v) is 9.25. The van der Waals surface area contributed by atoms with Crippen LogP contribution in [-0.2, 0) is 6.54 Å². The van der Waals surface area contributed by atoms with Crippen LogP contribution < -0.4 is 11.0 Å². The largest absolute Gasteiger partial charge is 0.325 e. The third kappa shape index (κ3) is 2.50. The van der Waals surface area contributed by atoms with Gasteiger partial charge in [0.15, 0.2) is 0 Å². The molecular weight excluding hydrogens is 190 g/mol. The maximum absolute atomic E-state index is 11.4. The second-order valence-corrected chi connectivity index (χ2v) is 4.39. The minimum Gasteiger partial charge on any atom is -0.316 e. The summed E-state index contributed by atoms with van der Waals surface area (Å²) in [4.78, 5) is 14.1. The molecule has 84 valence electrons. The molecule has 1 aromatic rings. The fraction of sp³-hybridized carbons (Fsp3) is 0.727. The summed E-state index contributed by atoms with van der Waals surface area (Å²) in [6, 6.07) is 0. The molecule has 1 saturated heterocycles. The molecule has 2 N–H and O–H groups in total. The third-order valence-corrected chi connectivity index (χ3v) is 3.24. The summed E-state index contributed by atoms with van der Waals surface area (Å²) in [7, 11) is 0. The lowest BCUT2D eigenvalue weighted by atomic mass is 9.96. The van der Waals surface area contributed by atoms with Gasteiger partial charge in [-0.15, -0.1) is 0 Å². The Hall–Kier alpha value is -1.03. The first-order valence-corrected chi connectivity index (χ1v) is 5.73. The van der Waals surface area contributed by atoms with E-state index in [1.807, 2.05) is 11.5 Å². The van der Waals surface area contributed by atoms with E-state index in [1.54, 1.807) is 6.20 Å². The average Bonchev–Trinajstić information content (AvgIpc) is 2.58. The van der Waals surface area contributed by atoms with Crippen LogP contribution in [0.25, 0.3) is 0 Å². The van der Waals surface area contributed by atoms with E-state index < -0.39 is 0 Å². The Morgan fingerprint density at radius 1 is 1.60 bits per heavy atom. The molecule has 2 heterocycles. The molecular formula is C11H19N3O. The summed E-state index contributed by atoms with van der Waals surface area (Å²) in [6.07, 6.45) is 5.45. The van der Waals surface area contributed by atoms with Crippen molar-refractivity contribution in [3.05, 3.63) is 22.4 Å². The third-order valence-electron chi connectivity index (χ3n) is 3.24. The molecule has 0 saturated carbocycles. The van der Waals surface area contributed by atoms with Crippen LogP contribution in [0.1, 0.15) is 25.0 Å². The van der Waals surface area contributed by atoms with Gasteiger partial charge < -0.3 is 10.3 Å². The lowest BCUT2D eigenvalue weighted by molar-refractivity contribution is 0.339. The zero-order valence-electron chi connectivity index (χ0n) is 9.25. The van der Waals surface area contributed by atoms with Gasteiger partial charge in [0.2, 0.25) is 0 Å². The Morgan fingerprint density at radius 2 is 2.47 bits per heavy atom. The van der Waals surface area contributed by atoms with E-state index in [1.165, 1.54) is 12.8 Å². The number of aryl methyl sites for hydroxylation is 1. The number of piperidine rings is 1. The monoisotopic (exact) mass is 209 g/mol. The smallest absolute Gasteiger partial charge is 0.316 e. The molecule has 1 atom stereocenters. The van der Waals surface area contributed by atoms with Crippen molar-refractivity contribution in [3.63, 3.8) is 0 Å². The number of H-pyrrole nitrogens is 1. The molecule has 1 unspecified atom stereocenters. The number of hydrogen-bond acceptors (Lipinski definition) is 2. The average molecular weight is 209 g/mol. The van der Waals surface area contributed by atoms with Crippen molar-refractivity contribution in [3.8, 4) is 0 Å².